The van der Waals surface area contributed by atoms with Crippen LogP contribution in [0, 0.1) is 0 Å². The third kappa shape index (κ3) is 5.40. The first-order valence-corrected chi connectivity index (χ1v) is 11.9. The normalized spacial score (nSPS) is 26.6. The number of alkyl halides is 3. The monoisotopic (exact) mass is 530 g/mol. The molecular weight excluding hydrogens is 501 g/mol. The van der Waals surface area contributed by atoms with Gasteiger partial charge in [-0.15, -0.1) is 0 Å². The summed E-state index contributed by atoms with van der Waals surface area (Å²) in [7, 11) is 1.36. The van der Waals surface area contributed by atoms with Gasteiger partial charge in [0.05, 0.1) is 32.3 Å². The molecule has 2 aliphatic heterocycles. The third-order valence-electron chi connectivity index (χ3n) is 6.69. The van der Waals surface area contributed by atoms with Crippen molar-refractivity contribution in [3.63, 3.8) is 0 Å². The van der Waals surface area contributed by atoms with Crippen molar-refractivity contribution < 1.29 is 52.3 Å². The van der Waals surface area contributed by atoms with Gasteiger partial charge in [-0.25, -0.2) is 0 Å². The molecule has 37 heavy (non-hydrogen) atoms. The summed E-state index contributed by atoms with van der Waals surface area (Å²) in [5, 5.41) is 32.6. The predicted molar refractivity (Wildman–Crippen MR) is 121 cm³/mol. The van der Waals surface area contributed by atoms with Gasteiger partial charge in [-0.05, 0) is 36.6 Å². The molecule has 13 heteroatoms. The molecule has 1 aliphatic carbocycles. The maximum Gasteiger partial charge on any atom is 0.406 e. The smallest absolute Gasteiger partial charge is 0.406 e. The van der Waals surface area contributed by atoms with Gasteiger partial charge in [0, 0.05) is 24.3 Å². The van der Waals surface area contributed by atoms with E-state index in [9.17, 15) is 33.0 Å². The summed E-state index contributed by atoms with van der Waals surface area (Å²) < 4.78 is 57.5. The standard InChI is InChI=1S/C24H29F3N2O8/c1-35-17-8-12(10-31)7-13-18-14(22(33)28-4-5-30)9-15(19(32)21(18)37-20(13)17)29(11-24(25,26)27)23(34)16-3-2-6-36-16/h7-9,15-16,18-19,21,30-32H,2-6,10-11H2,1H3,(H,28,33)/t15-,16?,18+,19+,21+/m1/s1. The maximum atomic E-state index is 13.6. The highest BCUT2D eigenvalue weighted by molar-refractivity contribution is 5.96. The third-order valence-corrected chi connectivity index (χ3v) is 6.69. The Labute approximate surface area is 210 Å². The van der Waals surface area contributed by atoms with Gasteiger partial charge in [0.1, 0.15) is 24.9 Å². The van der Waals surface area contributed by atoms with Gasteiger partial charge in [0.2, 0.25) is 5.91 Å². The van der Waals surface area contributed by atoms with Crippen LogP contribution < -0.4 is 14.8 Å². The van der Waals surface area contributed by atoms with Crippen molar-refractivity contribution in [3.05, 3.63) is 34.9 Å². The van der Waals surface area contributed by atoms with Crippen LogP contribution in [0.1, 0.15) is 29.9 Å². The molecule has 0 bridgehead atoms. The molecule has 4 rings (SSSR count). The number of amides is 2. The summed E-state index contributed by atoms with van der Waals surface area (Å²) in [6, 6.07) is 1.51. The highest BCUT2D eigenvalue weighted by Crippen LogP contribution is 2.51. The lowest BCUT2D eigenvalue weighted by Crippen LogP contribution is -2.59. The number of halogens is 3. The molecule has 1 fully saturated rings. The zero-order chi connectivity index (χ0) is 26.9. The van der Waals surface area contributed by atoms with Gasteiger partial charge in [-0.1, -0.05) is 0 Å². The summed E-state index contributed by atoms with van der Waals surface area (Å²) in [5.41, 5.74) is 0.778. The zero-order valence-corrected chi connectivity index (χ0v) is 20.0. The van der Waals surface area contributed by atoms with E-state index in [-0.39, 0.29) is 49.9 Å². The molecule has 2 heterocycles. The average Bonchev–Trinajstić information content (AvgIpc) is 3.53. The fourth-order valence-corrected chi connectivity index (χ4v) is 5.10. The fourth-order valence-electron chi connectivity index (χ4n) is 5.10. The molecule has 204 valence electrons. The highest BCUT2D eigenvalue weighted by Gasteiger charge is 2.53. The van der Waals surface area contributed by atoms with Crippen molar-refractivity contribution in [1.82, 2.24) is 10.2 Å². The first-order chi connectivity index (χ1) is 17.6. The predicted octanol–water partition coefficient (Wildman–Crippen LogP) is 0.380. The minimum absolute atomic E-state index is 0.0445. The fraction of sp³-hybridized carbons (Fsp3) is 0.583. The van der Waals surface area contributed by atoms with Crippen LogP contribution in [-0.4, -0.2) is 96.0 Å². The quantitative estimate of drug-likeness (QED) is 0.379. The Morgan fingerprint density at radius 1 is 1.27 bits per heavy atom. The Hall–Kier alpha value is -2.87. The largest absolute Gasteiger partial charge is 0.493 e. The topological polar surface area (TPSA) is 138 Å². The Morgan fingerprint density at radius 2 is 2.03 bits per heavy atom. The van der Waals surface area contributed by atoms with Crippen LogP contribution in [-0.2, 0) is 20.9 Å². The molecule has 4 N–H and O–H groups in total. The summed E-state index contributed by atoms with van der Waals surface area (Å²) in [4.78, 5) is 26.8. The lowest BCUT2D eigenvalue weighted by Gasteiger charge is -2.41. The van der Waals surface area contributed by atoms with E-state index in [1.165, 1.54) is 13.2 Å². The van der Waals surface area contributed by atoms with Crippen molar-refractivity contribution in [3.8, 4) is 11.5 Å². The van der Waals surface area contributed by atoms with Gasteiger partial charge in [0.15, 0.2) is 11.5 Å². The summed E-state index contributed by atoms with van der Waals surface area (Å²) in [5.74, 6) is -2.21. The number of carbonyl (C=O) groups is 2. The number of rotatable bonds is 8. The lowest BCUT2D eigenvalue weighted by atomic mass is 9.77. The first kappa shape index (κ1) is 27.2. The van der Waals surface area contributed by atoms with E-state index in [0.717, 1.165) is 6.08 Å². The van der Waals surface area contributed by atoms with E-state index in [2.05, 4.69) is 5.32 Å². The van der Waals surface area contributed by atoms with Crippen molar-refractivity contribution >= 4 is 11.8 Å². The molecule has 0 spiro atoms. The number of aliphatic hydroxyl groups is 3. The zero-order valence-electron chi connectivity index (χ0n) is 20.0. The minimum atomic E-state index is -4.79. The van der Waals surface area contributed by atoms with Crippen LogP contribution in [0.5, 0.6) is 11.5 Å². The van der Waals surface area contributed by atoms with Gasteiger partial charge >= 0.3 is 6.18 Å². The molecule has 1 unspecified atom stereocenters. The van der Waals surface area contributed by atoms with Crippen molar-refractivity contribution in [1.29, 1.82) is 0 Å². The summed E-state index contributed by atoms with van der Waals surface area (Å²) in [6.45, 7) is -2.32. The van der Waals surface area contributed by atoms with Crippen LogP contribution in [0.25, 0.3) is 0 Å². The number of hydrogen-bond donors (Lipinski definition) is 4. The first-order valence-electron chi connectivity index (χ1n) is 11.9. The van der Waals surface area contributed by atoms with Crippen LogP contribution in [0.15, 0.2) is 23.8 Å². The highest BCUT2D eigenvalue weighted by atomic mass is 19.4. The number of ether oxygens (including phenoxy) is 3. The number of methoxy groups -OCH3 is 1. The van der Waals surface area contributed by atoms with Crippen molar-refractivity contribution in [2.75, 3.05) is 33.4 Å². The molecule has 1 saturated heterocycles. The molecule has 3 aliphatic rings. The second-order valence-corrected chi connectivity index (χ2v) is 9.10. The van der Waals surface area contributed by atoms with Gasteiger partial charge in [0.25, 0.3) is 5.91 Å². The molecule has 0 aromatic heterocycles. The van der Waals surface area contributed by atoms with Crippen molar-refractivity contribution in [2.24, 2.45) is 0 Å². The molecule has 0 radical (unpaired) electrons. The molecule has 10 nitrogen and oxygen atoms in total. The van der Waals surface area contributed by atoms with E-state index >= 15 is 0 Å². The number of aliphatic hydroxyl groups excluding tert-OH is 3. The van der Waals surface area contributed by atoms with Crippen LogP contribution in [0.4, 0.5) is 13.2 Å². The number of fused-ring (bicyclic) bond motifs is 3. The van der Waals surface area contributed by atoms with E-state index in [1.54, 1.807) is 6.07 Å². The lowest BCUT2D eigenvalue weighted by molar-refractivity contribution is -0.175. The van der Waals surface area contributed by atoms with Gasteiger partial charge in [-0.2, -0.15) is 13.2 Å². The number of benzene rings is 1. The number of hydrogen-bond acceptors (Lipinski definition) is 8. The Bertz CT molecular complexity index is 1060. The number of nitrogens with one attached hydrogen (secondary N) is 1. The Morgan fingerprint density at radius 3 is 2.62 bits per heavy atom. The van der Waals surface area contributed by atoms with E-state index in [1.807, 2.05) is 0 Å². The number of nitrogens with zero attached hydrogens (tertiary/aromatic N) is 1. The molecular formula is C24H29F3N2O8. The molecule has 5 atom stereocenters. The molecule has 2 amide bonds. The maximum absolute atomic E-state index is 13.6. The van der Waals surface area contributed by atoms with Gasteiger partial charge in [-0.3, -0.25) is 9.59 Å². The minimum Gasteiger partial charge on any atom is -0.493 e. The SMILES string of the molecule is COc1cc(CO)cc2c1O[C@@H]1[C@@H](O)[C@H](N(CC(F)(F)F)C(=O)C3CCCO3)C=C(C(=O)NCCO)[C@H]21. The van der Waals surface area contributed by atoms with Crippen LogP contribution in [0.3, 0.4) is 0 Å². The van der Waals surface area contributed by atoms with Crippen molar-refractivity contribution in [2.45, 2.75) is 55.9 Å². The summed E-state index contributed by atoms with van der Waals surface area (Å²) in [6.07, 6.45) is -6.90. The second kappa shape index (κ2) is 10.9. The van der Waals surface area contributed by atoms with E-state index in [4.69, 9.17) is 19.3 Å². The van der Waals surface area contributed by atoms with Gasteiger partial charge < -0.3 is 39.7 Å². The Kier molecular flexibility index (Phi) is 7.97. The van der Waals surface area contributed by atoms with Crippen LogP contribution >= 0.6 is 0 Å². The summed E-state index contributed by atoms with van der Waals surface area (Å²) >= 11 is 0. The molecule has 1 aromatic carbocycles. The van der Waals surface area contributed by atoms with E-state index < -0.39 is 54.8 Å². The Balaban J connectivity index is 1.81. The molecule has 0 saturated carbocycles. The molecule has 1 aromatic rings. The number of carbonyl (C=O) groups excluding carboxylic acids is 2. The average molecular weight is 530 g/mol. The van der Waals surface area contributed by atoms with Crippen LogP contribution in [0.2, 0.25) is 0 Å². The van der Waals surface area contributed by atoms with E-state index in [0.29, 0.717) is 22.4 Å². The second-order valence-electron chi connectivity index (χ2n) is 9.10.